The van der Waals surface area contributed by atoms with E-state index >= 15 is 0 Å². The maximum atomic E-state index is 9.99. The van der Waals surface area contributed by atoms with Gasteiger partial charge in [0.15, 0.2) is 11.5 Å². The number of hydrogen-bond donors (Lipinski definition) is 1. The van der Waals surface area contributed by atoms with Gasteiger partial charge in [0, 0.05) is 25.7 Å². The Morgan fingerprint density at radius 1 is 1.20 bits per heavy atom. The van der Waals surface area contributed by atoms with Crippen molar-refractivity contribution >= 4 is 0 Å². The Kier molecular flexibility index (Phi) is 4.25. The molecule has 0 bridgehead atoms. The van der Waals surface area contributed by atoms with Crippen LogP contribution >= 0.6 is 0 Å². The molecule has 1 N–H and O–H groups in total. The Morgan fingerprint density at radius 3 is 2.85 bits per heavy atom. The van der Waals surface area contributed by atoms with Gasteiger partial charge in [-0.05, 0) is 12.1 Å². The van der Waals surface area contributed by atoms with Crippen LogP contribution in [-0.2, 0) is 4.74 Å². The number of ether oxygens (including phenoxy) is 4. The molecule has 0 aliphatic carbocycles. The highest BCUT2D eigenvalue weighted by atomic mass is 16.7. The summed E-state index contributed by atoms with van der Waals surface area (Å²) in [6, 6.07) is 5.41. The Morgan fingerprint density at radius 2 is 2.00 bits per heavy atom. The Balaban J connectivity index is 1.46. The van der Waals surface area contributed by atoms with Crippen LogP contribution in [0.25, 0.3) is 0 Å². The van der Waals surface area contributed by atoms with Gasteiger partial charge in [-0.2, -0.15) is 0 Å². The Hall–Kier alpha value is -1.50. The third-order valence-electron chi connectivity index (χ3n) is 3.36. The predicted molar refractivity (Wildman–Crippen MR) is 71.3 cm³/mol. The van der Waals surface area contributed by atoms with Crippen molar-refractivity contribution in [2.24, 2.45) is 0 Å². The van der Waals surface area contributed by atoms with Gasteiger partial charge >= 0.3 is 0 Å². The molecule has 1 fully saturated rings. The molecule has 0 aromatic heterocycles. The highest BCUT2D eigenvalue weighted by molar-refractivity contribution is 5.46. The van der Waals surface area contributed by atoms with Crippen LogP contribution in [0.5, 0.6) is 17.2 Å². The number of β-amino-alcohol motifs (C(OH)–C–C–N with tert-alkyl or cyclic N) is 1. The van der Waals surface area contributed by atoms with Crippen molar-refractivity contribution in [3.8, 4) is 17.2 Å². The lowest BCUT2D eigenvalue weighted by molar-refractivity contribution is 0.00464. The number of aliphatic hydroxyl groups is 1. The monoisotopic (exact) mass is 281 g/mol. The molecule has 1 aromatic rings. The predicted octanol–water partition coefficient (Wildman–Crippen LogP) is 0.487. The molecule has 1 atom stereocenters. The average Bonchev–Trinajstić information content (AvgIpc) is 2.93. The van der Waals surface area contributed by atoms with Crippen LogP contribution in [0.2, 0.25) is 0 Å². The number of fused-ring (bicyclic) bond motifs is 1. The smallest absolute Gasteiger partial charge is 0.231 e. The van der Waals surface area contributed by atoms with Gasteiger partial charge in [-0.1, -0.05) is 0 Å². The number of hydrogen-bond acceptors (Lipinski definition) is 6. The molecule has 0 amide bonds. The first-order valence-electron chi connectivity index (χ1n) is 6.82. The SMILES string of the molecule is O[C@H](COc1ccc2c(c1)OCO2)CN1CCOCC1. The summed E-state index contributed by atoms with van der Waals surface area (Å²) in [5, 5.41) is 9.99. The zero-order valence-electron chi connectivity index (χ0n) is 11.3. The van der Waals surface area contributed by atoms with E-state index in [1.165, 1.54) is 0 Å². The second kappa shape index (κ2) is 6.30. The third kappa shape index (κ3) is 3.33. The van der Waals surface area contributed by atoms with Gasteiger partial charge in [0.05, 0.1) is 13.2 Å². The fourth-order valence-electron chi connectivity index (χ4n) is 2.29. The summed E-state index contributed by atoms with van der Waals surface area (Å²) >= 11 is 0. The quantitative estimate of drug-likeness (QED) is 0.847. The van der Waals surface area contributed by atoms with Crippen molar-refractivity contribution in [1.82, 2.24) is 4.90 Å². The summed E-state index contributed by atoms with van der Waals surface area (Å²) in [5.74, 6) is 2.09. The zero-order chi connectivity index (χ0) is 13.8. The number of morpholine rings is 1. The third-order valence-corrected chi connectivity index (χ3v) is 3.36. The van der Waals surface area contributed by atoms with E-state index in [-0.39, 0.29) is 13.4 Å². The minimum absolute atomic E-state index is 0.248. The van der Waals surface area contributed by atoms with Gasteiger partial charge in [0.25, 0.3) is 0 Å². The fourth-order valence-corrected chi connectivity index (χ4v) is 2.29. The first-order chi connectivity index (χ1) is 9.81. The van der Waals surface area contributed by atoms with Crippen molar-refractivity contribution < 1.29 is 24.1 Å². The normalized spacial score (nSPS) is 19.9. The number of nitrogens with zero attached hydrogens (tertiary/aromatic N) is 1. The van der Waals surface area contributed by atoms with Crippen molar-refractivity contribution in [2.75, 3.05) is 46.2 Å². The second-order valence-electron chi connectivity index (χ2n) is 4.89. The lowest BCUT2D eigenvalue weighted by atomic mass is 10.3. The van der Waals surface area contributed by atoms with E-state index in [2.05, 4.69) is 4.90 Å². The van der Waals surface area contributed by atoms with Gasteiger partial charge in [0.1, 0.15) is 18.5 Å². The van der Waals surface area contributed by atoms with Crippen molar-refractivity contribution in [3.05, 3.63) is 18.2 Å². The second-order valence-corrected chi connectivity index (χ2v) is 4.89. The standard InChI is InChI=1S/C14H19NO5/c16-11(8-15-3-5-17-6-4-15)9-18-12-1-2-13-14(7-12)20-10-19-13/h1-2,7,11,16H,3-6,8-10H2/t11-/m0/s1. The molecule has 6 nitrogen and oxygen atoms in total. The number of rotatable bonds is 5. The van der Waals surface area contributed by atoms with E-state index in [0.29, 0.717) is 18.0 Å². The molecule has 20 heavy (non-hydrogen) atoms. The molecule has 2 heterocycles. The average molecular weight is 281 g/mol. The summed E-state index contributed by atoms with van der Waals surface area (Å²) in [5.41, 5.74) is 0. The highest BCUT2D eigenvalue weighted by Crippen LogP contribution is 2.35. The zero-order valence-corrected chi connectivity index (χ0v) is 11.3. The maximum Gasteiger partial charge on any atom is 0.231 e. The van der Waals surface area contributed by atoms with E-state index in [4.69, 9.17) is 18.9 Å². The molecular formula is C14H19NO5. The van der Waals surface area contributed by atoms with Crippen LogP contribution in [0.15, 0.2) is 18.2 Å². The highest BCUT2D eigenvalue weighted by Gasteiger charge is 2.17. The lowest BCUT2D eigenvalue weighted by Crippen LogP contribution is -2.42. The lowest BCUT2D eigenvalue weighted by Gasteiger charge is -2.28. The van der Waals surface area contributed by atoms with Crippen molar-refractivity contribution in [3.63, 3.8) is 0 Å². The van der Waals surface area contributed by atoms with Crippen molar-refractivity contribution in [2.45, 2.75) is 6.10 Å². The van der Waals surface area contributed by atoms with E-state index < -0.39 is 6.10 Å². The summed E-state index contributed by atoms with van der Waals surface area (Å²) in [7, 11) is 0. The van der Waals surface area contributed by atoms with Crippen molar-refractivity contribution in [1.29, 1.82) is 0 Å². The number of aliphatic hydroxyl groups excluding tert-OH is 1. The van der Waals surface area contributed by atoms with E-state index in [9.17, 15) is 5.11 Å². The molecule has 0 spiro atoms. The molecule has 1 aromatic carbocycles. The molecule has 0 radical (unpaired) electrons. The molecule has 6 heteroatoms. The Labute approximate surface area is 117 Å². The van der Waals surface area contributed by atoms with Gasteiger partial charge in [0.2, 0.25) is 6.79 Å². The molecule has 0 unspecified atom stereocenters. The molecular weight excluding hydrogens is 262 g/mol. The van der Waals surface area contributed by atoms with Gasteiger partial charge in [-0.3, -0.25) is 4.90 Å². The largest absolute Gasteiger partial charge is 0.491 e. The summed E-state index contributed by atoms with van der Waals surface area (Å²) in [6.45, 7) is 4.30. The maximum absolute atomic E-state index is 9.99. The van der Waals surface area contributed by atoms with Crippen LogP contribution < -0.4 is 14.2 Å². The first-order valence-corrected chi connectivity index (χ1v) is 6.82. The molecule has 2 aliphatic heterocycles. The molecule has 2 aliphatic rings. The topological polar surface area (TPSA) is 60.4 Å². The summed E-state index contributed by atoms with van der Waals surface area (Å²) < 4.78 is 21.4. The van der Waals surface area contributed by atoms with Crippen LogP contribution in [0, 0.1) is 0 Å². The van der Waals surface area contributed by atoms with Gasteiger partial charge in [-0.15, -0.1) is 0 Å². The molecule has 0 saturated carbocycles. The number of benzene rings is 1. The molecule has 110 valence electrons. The first kappa shape index (κ1) is 13.5. The van der Waals surface area contributed by atoms with Crippen LogP contribution in [0.1, 0.15) is 0 Å². The molecule has 3 rings (SSSR count). The van der Waals surface area contributed by atoms with E-state index in [0.717, 1.165) is 32.1 Å². The summed E-state index contributed by atoms with van der Waals surface area (Å²) in [6.07, 6.45) is -0.515. The van der Waals surface area contributed by atoms with Gasteiger partial charge < -0.3 is 24.1 Å². The van der Waals surface area contributed by atoms with Crippen LogP contribution in [0.4, 0.5) is 0 Å². The minimum atomic E-state index is -0.515. The molecule has 1 saturated heterocycles. The van der Waals surface area contributed by atoms with E-state index in [1.54, 1.807) is 6.07 Å². The van der Waals surface area contributed by atoms with Crippen LogP contribution in [0.3, 0.4) is 0 Å². The van der Waals surface area contributed by atoms with Crippen LogP contribution in [-0.4, -0.2) is 62.4 Å². The van der Waals surface area contributed by atoms with Gasteiger partial charge in [-0.25, -0.2) is 0 Å². The van der Waals surface area contributed by atoms with E-state index in [1.807, 2.05) is 12.1 Å². The fraction of sp³-hybridized carbons (Fsp3) is 0.571. The Bertz CT molecular complexity index is 447. The minimum Gasteiger partial charge on any atom is -0.491 e. The summed E-state index contributed by atoms with van der Waals surface area (Å²) in [4.78, 5) is 2.18.